The fourth-order valence-corrected chi connectivity index (χ4v) is 1.61. The Morgan fingerprint density at radius 1 is 1.33 bits per heavy atom. The zero-order chi connectivity index (χ0) is 11.1. The van der Waals surface area contributed by atoms with Crippen molar-refractivity contribution in [2.24, 2.45) is 0 Å². The Kier molecular flexibility index (Phi) is 2.61. The second-order valence-corrected chi connectivity index (χ2v) is 3.65. The molecule has 0 spiro atoms. The Bertz CT molecular complexity index is 492. The van der Waals surface area contributed by atoms with Gasteiger partial charge in [-0.25, -0.2) is 4.98 Å². The van der Waals surface area contributed by atoms with E-state index in [1.807, 2.05) is 22.6 Å². The van der Waals surface area contributed by atoms with Crippen LogP contribution in [0.1, 0.15) is 11.5 Å². The molecule has 0 aliphatic carbocycles. The molecule has 0 atom stereocenters. The highest BCUT2D eigenvalue weighted by molar-refractivity contribution is 14.1. The lowest BCUT2D eigenvalue weighted by Crippen LogP contribution is -2.05. The molecule has 0 bridgehead atoms. The molecule has 1 heterocycles. The lowest BCUT2D eigenvalue weighted by Gasteiger charge is -2.05. The minimum atomic E-state index is -4.39. The molecule has 1 aromatic carbocycles. The van der Waals surface area contributed by atoms with E-state index in [1.54, 1.807) is 0 Å². The van der Waals surface area contributed by atoms with Gasteiger partial charge >= 0.3 is 6.18 Å². The molecule has 0 amide bonds. The molecule has 1 aromatic heterocycles. The molecule has 80 valence electrons. The Balaban J connectivity index is 2.70. The summed E-state index contributed by atoms with van der Waals surface area (Å²) in [7, 11) is 0. The summed E-state index contributed by atoms with van der Waals surface area (Å²) in [6.45, 7) is 0. The summed E-state index contributed by atoms with van der Waals surface area (Å²) in [5.41, 5.74) is -0.687. The number of nitrogens with zero attached hydrogens (tertiary/aromatic N) is 1. The number of fused-ring (bicyclic) bond motifs is 1. The van der Waals surface area contributed by atoms with Crippen LogP contribution in [0.4, 0.5) is 13.2 Å². The van der Waals surface area contributed by atoms with E-state index in [0.717, 1.165) is 6.07 Å². The van der Waals surface area contributed by atoms with Crippen LogP contribution < -0.4 is 0 Å². The average Bonchev–Trinajstić information content (AvgIpc) is 2.57. The standard InChI is InChI=1S/C9H5F3INO/c10-9(11,12)5-2-1-3-6-8(5)14-7(4-13)15-6/h1-3H,4H2. The van der Waals surface area contributed by atoms with Crippen molar-refractivity contribution in [1.29, 1.82) is 0 Å². The van der Waals surface area contributed by atoms with E-state index in [-0.39, 0.29) is 11.1 Å². The van der Waals surface area contributed by atoms with Crippen LogP contribution in [0, 0.1) is 0 Å². The largest absolute Gasteiger partial charge is 0.440 e. The highest BCUT2D eigenvalue weighted by atomic mass is 127. The van der Waals surface area contributed by atoms with Gasteiger partial charge in [-0.1, -0.05) is 28.7 Å². The fraction of sp³-hybridized carbons (Fsp3) is 0.222. The Morgan fingerprint density at radius 2 is 2.07 bits per heavy atom. The van der Waals surface area contributed by atoms with Crippen molar-refractivity contribution in [3.05, 3.63) is 29.7 Å². The van der Waals surface area contributed by atoms with Crippen LogP contribution in [-0.2, 0) is 10.6 Å². The number of hydrogen-bond acceptors (Lipinski definition) is 2. The molecule has 2 nitrogen and oxygen atoms in total. The molecule has 0 saturated heterocycles. The first-order valence-electron chi connectivity index (χ1n) is 4.04. The second-order valence-electron chi connectivity index (χ2n) is 2.89. The van der Waals surface area contributed by atoms with E-state index in [2.05, 4.69) is 4.98 Å². The molecule has 0 aliphatic heterocycles. The molecule has 0 radical (unpaired) electrons. The number of rotatable bonds is 1. The molecule has 0 N–H and O–H groups in total. The van der Waals surface area contributed by atoms with Crippen LogP contribution in [0.15, 0.2) is 22.6 Å². The zero-order valence-corrected chi connectivity index (χ0v) is 9.46. The van der Waals surface area contributed by atoms with Crippen molar-refractivity contribution in [3.8, 4) is 0 Å². The second kappa shape index (κ2) is 3.66. The van der Waals surface area contributed by atoms with Gasteiger partial charge in [0.1, 0.15) is 5.52 Å². The first-order valence-corrected chi connectivity index (χ1v) is 5.56. The molecule has 0 unspecified atom stereocenters. The maximum atomic E-state index is 12.5. The van der Waals surface area contributed by atoms with Gasteiger partial charge in [0.2, 0.25) is 5.89 Å². The molecule has 2 rings (SSSR count). The molecule has 0 saturated carbocycles. The average molecular weight is 327 g/mol. The first kappa shape index (κ1) is 10.7. The van der Waals surface area contributed by atoms with Gasteiger partial charge in [0.05, 0.1) is 9.99 Å². The summed E-state index contributed by atoms with van der Waals surface area (Å²) in [6, 6.07) is 3.79. The minimum absolute atomic E-state index is 0.114. The molecular weight excluding hydrogens is 322 g/mol. The lowest BCUT2D eigenvalue weighted by molar-refractivity contribution is -0.136. The van der Waals surface area contributed by atoms with Crippen LogP contribution in [0.2, 0.25) is 0 Å². The molecule has 2 aromatic rings. The number of para-hydroxylation sites is 1. The monoisotopic (exact) mass is 327 g/mol. The summed E-state index contributed by atoms with van der Waals surface area (Å²) in [5, 5.41) is 0. The SMILES string of the molecule is FC(F)(F)c1cccc2oc(CI)nc12. The summed E-state index contributed by atoms with van der Waals surface area (Å²) >= 11 is 1.98. The third-order valence-corrected chi connectivity index (χ3v) is 2.54. The maximum Gasteiger partial charge on any atom is 0.418 e. The number of aromatic nitrogens is 1. The topological polar surface area (TPSA) is 26.0 Å². The molecule has 0 aliphatic rings. The van der Waals surface area contributed by atoms with Crippen molar-refractivity contribution in [3.63, 3.8) is 0 Å². The van der Waals surface area contributed by atoms with E-state index in [0.29, 0.717) is 10.3 Å². The third-order valence-electron chi connectivity index (χ3n) is 1.88. The number of alkyl halides is 4. The van der Waals surface area contributed by atoms with Gasteiger partial charge in [-0.15, -0.1) is 0 Å². The highest BCUT2D eigenvalue weighted by Gasteiger charge is 2.34. The van der Waals surface area contributed by atoms with Crippen LogP contribution in [0.3, 0.4) is 0 Å². The van der Waals surface area contributed by atoms with E-state index in [1.165, 1.54) is 12.1 Å². The van der Waals surface area contributed by atoms with Gasteiger partial charge in [-0.3, -0.25) is 0 Å². The molecule has 6 heteroatoms. The third kappa shape index (κ3) is 1.95. The summed E-state index contributed by atoms with van der Waals surface area (Å²) < 4.78 is 43.2. The van der Waals surface area contributed by atoms with E-state index in [9.17, 15) is 13.2 Å². The highest BCUT2D eigenvalue weighted by Crippen LogP contribution is 2.34. The zero-order valence-electron chi connectivity index (χ0n) is 7.31. The van der Waals surface area contributed by atoms with Crippen molar-refractivity contribution in [2.75, 3.05) is 0 Å². The van der Waals surface area contributed by atoms with Crippen LogP contribution in [-0.4, -0.2) is 4.98 Å². The summed E-state index contributed by atoms with van der Waals surface area (Å²) in [6.07, 6.45) is -4.39. The predicted octanol–water partition coefficient (Wildman–Crippen LogP) is 3.78. The van der Waals surface area contributed by atoms with Gasteiger partial charge in [0, 0.05) is 0 Å². The smallest absolute Gasteiger partial charge is 0.418 e. The van der Waals surface area contributed by atoms with Crippen LogP contribution in [0.5, 0.6) is 0 Å². The van der Waals surface area contributed by atoms with Gasteiger partial charge in [-0.2, -0.15) is 13.2 Å². The van der Waals surface area contributed by atoms with Crippen molar-refractivity contribution < 1.29 is 17.6 Å². The number of benzene rings is 1. The normalized spacial score (nSPS) is 12.3. The maximum absolute atomic E-state index is 12.5. The van der Waals surface area contributed by atoms with Gasteiger partial charge in [-0.05, 0) is 12.1 Å². The summed E-state index contributed by atoms with van der Waals surface area (Å²) in [5.74, 6) is 0.308. The van der Waals surface area contributed by atoms with E-state index >= 15 is 0 Å². The lowest BCUT2D eigenvalue weighted by atomic mass is 10.2. The first-order chi connectivity index (χ1) is 7.02. The van der Waals surface area contributed by atoms with Crippen molar-refractivity contribution >= 4 is 33.7 Å². The van der Waals surface area contributed by atoms with E-state index in [4.69, 9.17) is 4.42 Å². The van der Waals surface area contributed by atoms with Gasteiger partial charge < -0.3 is 4.42 Å². The molecule has 15 heavy (non-hydrogen) atoms. The summed E-state index contributed by atoms with van der Waals surface area (Å²) in [4.78, 5) is 3.80. The van der Waals surface area contributed by atoms with Crippen LogP contribution >= 0.6 is 22.6 Å². The Labute approximate surface area is 96.6 Å². The molecule has 0 fully saturated rings. The fourth-order valence-electron chi connectivity index (χ4n) is 1.28. The number of oxazole rings is 1. The quantitative estimate of drug-likeness (QED) is 0.588. The van der Waals surface area contributed by atoms with Crippen LogP contribution in [0.25, 0.3) is 11.1 Å². The molecular formula is C9H5F3INO. The predicted molar refractivity (Wildman–Crippen MR) is 56.7 cm³/mol. The number of hydrogen-bond donors (Lipinski definition) is 0. The Morgan fingerprint density at radius 3 is 2.67 bits per heavy atom. The van der Waals surface area contributed by atoms with Crippen molar-refractivity contribution in [1.82, 2.24) is 4.98 Å². The van der Waals surface area contributed by atoms with Crippen molar-refractivity contribution in [2.45, 2.75) is 10.6 Å². The van der Waals surface area contributed by atoms with E-state index < -0.39 is 11.7 Å². The minimum Gasteiger partial charge on any atom is -0.440 e. The Hall–Kier alpha value is -0.790. The van der Waals surface area contributed by atoms with Gasteiger partial charge in [0.25, 0.3) is 0 Å². The number of halogens is 4. The van der Waals surface area contributed by atoms with Gasteiger partial charge in [0.15, 0.2) is 5.58 Å².